The summed E-state index contributed by atoms with van der Waals surface area (Å²) < 4.78 is 7.31. The van der Waals surface area contributed by atoms with E-state index in [0.717, 1.165) is 21.9 Å². The summed E-state index contributed by atoms with van der Waals surface area (Å²) in [4.78, 5) is 17.4. The lowest BCUT2D eigenvalue weighted by Crippen LogP contribution is -2.19. The number of rotatable bonds is 3. The maximum absolute atomic E-state index is 11.9. The Balaban J connectivity index is 1.93. The molecule has 3 rings (SSSR count). The van der Waals surface area contributed by atoms with Gasteiger partial charge in [0.25, 0.3) is 5.56 Å². The molecule has 0 radical (unpaired) electrons. The van der Waals surface area contributed by atoms with Crippen LogP contribution < -0.4 is 5.56 Å². The molecule has 102 valence electrons. The van der Waals surface area contributed by atoms with E-state index < -0.39 is 0 Å². The second-order valence-corrected chi connectivity index (χ2v) is 5.62. The molecule has 0 fully saturated rings. The molecule has 0 saturated carbocycles. The maximum Gasteiger partial charge on any atom is 0.251 e. The first-order valence-electron chi connectivity index (χ1n) is 6.31. The zero-order chi connectivity index (χ0) is 14.1. The van der Waals surface area contributed by atoms with Crippen LogP contribution in [-0.4, -0.2) is 9.55 Å². The SMILES string of the molecule is Cc1ccn(Cc2nc(-c3cccs3)oc2C)c(=O)c1. The topological polar surface area (TPSA) is 48.0 Å². The van der Waals surface area contributed by atoms with Crippen LogP contribution >= 0.6 is 11.3 Å². The Morgan fingerprint density at radius 3 is 2.90 bits per heavy atom. The number of oxazole rings is 1. The maximum atomic E-state index is 11.9. The van der Waals surface area contributed by atoms with Crippen molar-refractivity contribution in [3.63, 3.8) is 0 Å². The van der Waals surface area contributed by atoms with Crippen LogP contribution in [0.1, 0.15) is 17.0 Å². The molecule has 0 unspecified atom stereocenters. The van der Waals surface area contributed by atoms with Gasteiger partial charge in [-0.15, -0.1) is 11.3 Å². The zero-order valence-corrected chi connectivity index (χ0v) is 12.1. The van der Waals surface area contributed by atoms with E-state index in [-0.39, 0.29) is 5.56 Å². The first-order chi connectivity index (χ1) is 9.63. The first kappa shape index (κ1) is 12.9. The average molecular weight is 286 g/mol. The summed E-state index contributed by atoms with van der Waals surface area (Å²) in [6, 6.07) is 7.47. The fourth-order valence-corrected chi connectivity index (χ4v) is 2.63. The van der Waals surface area contributed by atoms with E-state index in [9.17, 15) is 4.79 Å². The molecule has 0 amide bonds. The molecule has 3 aromatic heterocycles. The van der Waals surface area contributed by atoms with Gasteiger partial charge in [0.2, 0.25) is 5.89 Å². The predicted octanol–water partition coefficient (Wildman–Crippen LogP) is 3.23. The van der Waals surface area contributed by atoms with E-state index in [2.05, 4.69) is 4.98 Å². The number of thiophene rings is 1. The number of nitrogens with zero attached hydrogens (tertiary/aromatic N) is 2. The van der Waals surface area contributed by atoms with Crippen molar-refractivity contribution in [3.8, 4) is 10.8 Å². The number of hydrogen-bond acceptors (Lipinski definition) is 4. The largest absolute Gasteiger partial charge is 0.440 e. The van der Waals surface area contributed by atoms with Crippen LogP contribution in [0.3, 0.4) is 0 Å². The van der Waals surface area contributed by atoms with Crippen molar-refractivity contribution in [1.29, 1.82) is 0 Å². The van der Waals surface area contributed by atoms with E-state index in [1.165, 1.54) is 0 Å². The Morgan fingerprint density at radius 2 is 2.20 bits per heavy atom. The summed E-state index contributed by atoms with van der Waals surface area (Å²) in [6.45, 7) is 4.21. The molecular weight excluding hydrogens is 272 g/mol. The van der Waals surface area contributed by atoms with Crippen LogP contribution in [0.25, 0.3) is 10.8 Å². The third-order valence-corrected chi connectivity index (χ3v) is 3.95. The van der Waals surface area contributed by atoms with Gasteiger partial charge in [-0.25, -0.2) is 4.98 Å². The normalized spacial score (nSPS) is 10.9. The van der Waals surface area contributed by atoms with Gasteiger partial charge in [-0.2, -0.15) is 0 Å². The van der Waals surface area contributed by atoms with Crippen molar-refractivity contribution < 1.29 is 4.42 Å². The molecule has 0 aromatic carbocycles. The summed E-state index contributed by atoms with van der Waals surface area (Å²) in [6.07, 6.45) is 1.79. The fourth-order valence-electron chi connectivity index (χ4n) is 1.98. The number of hydrogen-bond donors (Lipinski definition) is 0. The zero-order valence-electron chi connectivity index (χ0n) is 11.3. The Labute approximate surface area is 120 Å². The molecule has 0 saturated heterocycles. The van der Waals surface area contributed by atoms with E-state index >= 15 is 0 Å². The van der Waals surface area contributed by atoms with Crippen molar-refractivity contribution in [1.82, 2.24) is 9.55 Å². The number of aromatic nitrogens is 2. The van der Waals surface area contributed by atoms with Crippen LogP contribution in [0.4, 0.5) is 0 Å². The van der Waals surface area contributed by atoms with Crippen molar-refractivity contribution in [2.24, 2.45) is 0 Å². The average Bonchev–Trinajstić information content (AvgIpc) is 3.03. The lowest BCUT2D eigenvalue weighted by molar-refractivity contribution is 0.538. The van der Waals surface area contributed by atoms with E-state index in [0.29, 0.717) is 12.4 Å². The summed E-state index contributed by atoms with van der Waals surface area (Å²) in [5, 5.41) is 1.99. The molecule has 0 bridgehead atoms. The van der Waals surface area contributed by atoms with Crippen molar-refractivity contribution in [3.05, 3.63) is 63.2 Å². The smallest absolute Gasteiger partial charge is 0.251 e. The van der Waals surface area contributed by atoms with Gasteiger partial charge in [-0.3, -0.25) is 4.79 Å². The highest BCUT2D eigenvalue weighted by atomic mass is 32.1. The quantitative estimate of drug-likeness (QED) is 0.742. The highest BCUT2D eigenvalue weighted by Gasteiger charge is 2.12. The second-order valence-electron chi connectivity index (χ2n) is 4.67. The molecule has 0 aliphatic heterocycles. The molecule has 3 aromatic rings. The molecule has 0 atom stereocenters. The number of aryl methyl sites for hydroxylation is 2. The summed E-state index contributed by atoms with van der Waals surface area (Å²) >= 11 is 1.58. The molecule has 0 aliphatic carbocycles. The summed E-state index contributed by atoms with van der Waals surface area (Å²) in [5.74, 6) is 1.37. The Hall–Kier alpha value is -2.14. The summed E-state index contributed by atoms with van der Waals surface area (Å²) in [5.41, 5.74) is 1.73. The lowest BCUT2D eigenvalue weighted by atomic mass is 10.3. The highest BCUT2D eigenvalue weighted by molar-refractivity contribution is 7.13. The van der Waals surface area contributed by atoms with Crippen molar-refractivity contribution in [2.75, 3.05) is 0 Å². The molecule has 3 heterocycles. The third kappa shape index (κ3) is 2.44. The predicted molar refractivity (Wildman–Crippen MR) is 79.1 cm³/mol. The van der Waals surface area contributed by atoms with Gasteiger partial charge in [-0.05, 0) is 36.9 Å². The second kappa shape index (κ2) is 5.09. The minimum atomic E-state index is -0.0231. The van der Waals surface area contributed by atoms with Gasteiger partial charge >= 0.3 is 0 Å². The van der Waals surface area contributed by atoms with Gasteiger partial charge in [0.15, 0.2) is 0 Å². The standard InChI is InChI=1S/C15H14N2O2S/c1-10-5-6-17(14(18)8-10)9-12-11(2)19-15(16-12)13-4-3-7-20-13/h3-8H,9H2,1-2H3. The fraction of sp³-hybridized carbons (Fsp3) is 0.200. The van der Waals surface area contributed by atoms with E-state index in [4.69, 9.17) is 4.42 Å². The third-order valence-electron chi connectivity index (χ3n) is 3.10. The van der Waals surface area contributed by atoms with E-state index in [1.54, 1.807) is 28.2 Å². The Morgan fingerprint density at radius 1 is 1.35 bits per heavy atom. The molecular formula is C15H14N2O2S. The molecule has 0 aliphatic rings. The van der Waals surface area contributed by atoms with Crippen LogP contribution in [0.5, 0.6) is 0 Å². The summed E-state index contributed by atoms with van der Waals surface area (Å²) in [7, 11) is 0. The van der Waals surface area contributed by atoms with Crippen molar-refractivity contribution >= 4 is 11.3 Å². The van der Waals surface area contributed by atoms with Gasteiger partial charge in [0.1, 0.15) is 11.5 Å². The molecule has 5 heteroatoms. The van der Waals surface area contributed by atoms with E-state index in [1.807, 2.05) is 37.4 Å². The minimum absolute atomic E-state index is 0.0231. The highest BCUT2D eigenvalue weighted by Crippen LogP contribution is 2.26. The molecule has 20 heavy (non-hydrogen) atoms. The van der Waals surface area contributed by atoms with Crippen LogP contribution in [-0.2, 0) is 6.54 Å². The van der Waals surface area contributed by atoms with Gasteiger partial charge in [0.05, 0.1) is 11.4 Å². The molecule has 0 N–H and O–H groups in total. The molecule has 0 spiro atoms. The van der Waals surface area contributed by atoms with Gasteiger partial charge in [-0.1, -0.05) is 6.07 Å². The first-order valence-corrected chi connectivity index (χ1v) is 7.19. The van der Waals surface area contributed by atoms with Crippen LogP contribution in [0.2, 0.25) is 0 Å². The lowest BCUT2D eigenvalue weighted by Gasteiger charge is -2.03. The van der Waals surface area contributed by atoms with Crippen molar-refractivity contribution in [2.45, 2.75) is 20.4 Å². The van der Waals surface area contributed by atoms with Crippen LogP contribution in [0.15, 0.2) is 45.1 Å². The molecule has 4 nitrogen and oxygen atoms in total. The number of pyridine rings is 1. The Kier molecular flexibility index (Phi) is 3.28. The van der Waals surface area contributed by atoms with Gasteiger partial charge in [0, 0.05) is 12.3 Å². The van der Waals surface area contributed by atoms with Crippen LogP contribution in [0, 0.1) is 13.8 Å². The monoisotopic (exact) mass is 286 g/mol. The Bertz CT molecular complexity index is 785. The van der Waals surface area contributed by atoms with Gasteiger partial charge < -0.3 is 8.98 Å². The minimum Gasteiger partial charge on any atom is -0.440 e.